The quantitative estimate of drug-likeness (QED) is 0.838. The molecule has 1 aliphatic heterocycles. The van der Waals surface area contributed by atoms with E-state index in [0.717, 1.165) is 43.7 Å². The van der Waals surface area contributed by atoms with Crippen molar-refractivity contribution >= 4 is 5.91 Å². The van der Waals surface area contributed by atoms with Crippen molar-refractivity contribution in [1.82, 2.24) is 15.0 Å². The van der Waals surface area contributed by atoms with Gasteiger partial charge in [-0.05, 0) is 49.8 Å². The average molecular weight is 336 g/mol. The number of nitrogens with zero attached hydrogens (tertiary/aromatic N) is 4. The summed E-state index contributed by atoms with van der Waals surface area (Å²) in [5, 5.41) is 13.0. The standard InChI is InChI=1S/C19H20N4O2/c20-12-14-5-3-13(4-6-14)7-10-17(24)23-11-1-2-16(23)18-21-19(25-22-18)15-8-9-15/h3-6,15-16H,1-2,7-11H2. The Morgan fingerprint density at radius 2 is 2.08 bits per heavy atom. The molecule has 0 radical (unpaired) electrons. The number of rotatable bonds is 5. The van der Waals surface area contributed by atoms with Crippen molar-refractivity contribution in [3.63, 3.8) is 0 Å². The van der Waals surface area contributed by atoms with Gasteiger partial charge in [-0.15, -0.1) is 0 Å². The molecular formula is C19H20N4O2. The maximum absolute atomic E-state index is 12.7. The van der Waals surface area contributed by atoms with E-state index in [2.05, 4.69) is 16.2 Å². The normalized spacial score (nSPS) is 19.8. The Hall–Kier alpha value is -2.68. The zero-order valence-corrected chi connectivity index (χ0v) is 14.0. The lowest BCUT2D eigenvalue weighted by Gasteiger charge is -2.22. The van der Waals surface area contributed by atoms with Crippen molar-refractivity contribution in [3.8, 4) is 6.07 Å². The minimum absolute atomic E-state index is 0.0512. The summed E-state index contributed by atoms with van der Waals surface area (Å²) in [7, 11) is 0. The zero-order valence-electron chi connectivity index (χ0n) is 14.0. The smallest absolute Gasteiger partial charge is 0.229 e. The highest BCUT2D eigenvalue weighted by Gasteiger charge is 2.35. The van der Waals surface area contributed by atoms with E-state index in [1.54, 1.807) is 12.1 Å². The van der Waals surface area contributed by atoms with Crippen LogP contribution in [0.1, 0.15) is 66.9 Å². The average Bonchev–Trinajstić information content (AvgIpc) is 3.18. The van der Waals surface area contributed by atoms with Crippen LogP contribution < -0.4 is 0 Å². The summed E-state index contributed by atoms with van der Waals surface area (Å²) >= 11 is 0. The van der Waals surface area contributed by atoms with Gasteiger partial charge in [-0.3, -0.25) is 4.79 Å². The molecule has 4 rings (SSSR count). The predicted molar refractivity (Wildman–Crippen MR) is 89.4 cm³/mol. The van der Waals surface area contributed by atoms with Gasteiger partial charge in [0.15, 0.2) is 5.82 Å². The number of hydrogen-bond acceptors (Lipinski definition) is 5. The lowest BCUT2D eigenvalue weighted by atomic mass is 10.1. The number of aryl methyl sites for hydroxylation is 1. The topological polar surface area (TPSA) is 83.0 Å². The van der Waals surface area contributed by atoms with Gasteiger partial charge < -0.3 is 9.42 Å². The minimum Gasteiger partial charge on any atom is -0.339 e. The molecule has 2 aliphatic rings. The molecule has 25 heavy (non-hydrogen) atoms. The Morgan fingerprint density at radius 3 is 2.80 bits per heavy atom. The maximum atomic E-state index is 12.7. The summed E-state index contributed by atoms with van der Waals surface area (Å²) in [5.41, 5.74) is 1.71. The van der Waals surface area contributed by atoms with E-state index in [1.807, 2.05) is 17.0 Å². The van der Waals surface area contributed by atoms with Crippen LogP contribution in [0.15, 0.2) is 28.8 Å². The molecule has 1 unspecified atom stereocenters. The van der Waals surface area contributed by atoms with Crippen LogP contribution in [-0.4, -0.2) is 27.5 Å². The molecule has 1 atom stereocenters. The maximum Gasteiger partial charge on any atom is 0.229 e. The fourth-order valence-corrected chi connectivity index (χ4v) is 3.35. The minimum atomic E-state index is -0.0512. The summed E-state index contributed by atoms with van der Waals surface area (Å²) in [4.78, 5) is 19.1. The molecule has 1 aromatic carbocycles. The van der Waals surface area contributed by atoms with Gasteiger partial charge in [0, 0.05) is 18.9 Å². The Morgan fingerprint density at radius 1 is 1.28 bits per heavy atom. The SMILES string of the molecule is N#Cc1ccc(CCC(=O)N2CCCC2c2noc(C3CC3)n2)cc1. The molecule has 0 spiro atoms. The van der Waals surface area contributed by atoms with Crippen LogP contribution in [0.2, 0.25) is 0 Å². The third kappa shape index (κ3) is 3.41. The second-order valence-electron chi connectivity index (χ2n) is 6.82. The van der Waals surface area contributed by atoms with Gasteiger partial charge in [0.05, 0.1) is 17.7 Å². The van der Waals surface area contributed by atoms with Crippen molar-refractivity contribution in [3.05, 3.63) is 47.1 Å². The van der Waals surface area contributed by atoms with Crippen molar-refractivity contribution in [2.45, 2.75) is 50.5 Å². The highest BCUT2D eigenvalue weighted by Crippen LogP contribution is 2.40. The van der Waals surface area contributed by atoms with Gasteiger partial charge in [0.1, 0.15) is 0 Å². The molecular weight excluding hydrogens is 316 g/mol. The van der Waals surface area contributed by atoms with Crippen LogP contribution in [0, 0.1) is 11.3 Å². The highest BCUT2D eigenvalue weighted by atomic mass is 16.5. The number of likely N-dealkylation sites (tertiary alicyclic amines) is 1. The first-order chi connectivity index (χ1) is 12.2. The Bertz CT molecular complexity index is 802. The molecule has 2 fully saturated rings. The fraction of sp³-hybridized carbons (Fsp3) is 0.474. The first kappa shape index (κ1) is 15.8. The lowest BCUT2D eigenvalue weighted by Crippen LogP contribution is -2.31. The molecule has 2 aromatic rings. The number of nitriles is 1. The van der Waals surface area contributed by atoms with E-state index in [4.69, 9.17) is 9.78 Å². The molecule has 1 amide bonds. The van der Waals surface area contributed by atoms with Crippen molar-refractivity contribution in [2.24, 2.45) is 0 Å². The summed E-state index contributed by atoms with van der Waals surface area (Å²) in [5.74, 6) is 1.95. The molecule has 0 N–H and O–H groups in total. The first-order valence-electron chi connectivity index (χ1n) is 8.86. The molecule has 0 bridgehead atoms. The van der Waals surface area contributed by atoms with Crippen LogP contribution in [-0.2, 0) is 11.2 Å². The molecule has 1 saturated heterocycles. The van der Waals surface area contributed by atoms with Crippen LogP contribution in [0.25, 0.3) is 0 Å². The summed E-state index contributed by atoms with van der Waals surface area (Å²) in [6.45, 7) is 0.754. The van der Waals surface area contributed by atoms with E-state index >= 15 is 0 Å². The number of benzene rings is 1. The summed E-state index contributed by atoms with van der Waals surface area (Å²) in [6.07, 6.45) is 5.24. The van der Waals surface area contributed by atoms with Crippen molar-refractivity contribution < 1.29 is 9.32 Å². The second kappa shape index (κ2) is 6.67. The van der Waals surface area contributed by atoms with Gasteiger partial charge in [0.25, 0.3) is 0 Å². The van der Waals surface area contributed by atoms with Crippen molar-refractivity contribution in [1.29, 1.82) is 5.26 Å². The monoisotopic (exact) mass is 336 g/mol. The van der Waals surface area contributed by atoms with Crippen LogP contribution in [0.4, 0.5) is 0 Å². The number of carbonyl (C=O) groups excluding carboxylic acids is 1. The Balaban J connectivity index is 1.38. The van der Waals surface area contributed by atoms with Crippen LogP contribution in [0.3, 0.4) is 0 Å². The number of carbonyl (C=O) groups is 1. The third-order valence-electron chi connectivity index (χ3n) is 4.97. The highest BCUT2D eigenvalue weighted by molar-refractivity contribution is 5.77. The molecule has 1 saturated carbocycles. The predicted octanol–water partition coefficient (Wildman–Crippen LogP) is 3.11. The van der Waals surface area contributed by atoms with Crippen LogP contribution in [0.5, 0.6) is 0 Å². The largest absolute Gasteiger partial charge is 0.339 e. The second-order valence-corrected chi connectivity index (χ2v) is 6.82. The number of hydrogen-bond donors (Lipinski definition) is 0. The fourth-order valence-electron chi connectivity index (χ4n) is 3.35. The number of aromatic nitrogens is 2. The number of amides is 1. The zero-order chi connectivity index (χ0) is 17.2. The summed E-state index contributed by atoms with van der Waals surface area (Å²) in [6, 6.07) is 9.45. The summed E-state index contributed by atoms with van der Waals surface area (Å²) < 4.78 is 5.35. The van der Waals surface area contributed by atoms with Gasteiger partial charge in [-0.2, -0.15) is 10.2 Å². The van der Waals surface area contributed by atoms with E-state index in [0.29, 0.717) is 30.1 Å². The Labute approximate surface area is 146 Å². The van der Waals surface area contributed by atoms with Gasteiger partial charge in [-0.1, -0.05) is 17.3 Å². The van der Waals surface area contributed by atoms with E-state index in [-0.39, 0.29) is 11.9 Å². The van der Waals surface area contributed by atoms with Gasteiger partial charge in [0.2, 0.25) is 11.8 Å². The van der Waals surface area contributed by atoms with E-state index < -0.39 is 0 Å². The molecule has 1 aromatic heterocycles. The molecule has 6 heteroatoms. The third-order valence-corrected chi connectivity index (χ3v) is 4.97. The van der Waals surface area contributed by atoms with Crippen molar-refractivity contribution in [2.75, 3.05) is 6.54 Å². The van der Waals surface area contributed by atoms with E-state index in [1.165, 1.54) is 0 Å². The molecule has 128 valence electrons. The Kier molecular flexibility index (Phi) is 4.22. The van der Waals surface area contributed by atoms with Gasteiger partial charge >= 0.3 is 0 Å². The van der Waals surface area contributed by atoms with Crippen LogP contribution >= 0.6 is 0 Å². The lowest BCUT2D eigenvalue weighted by molar-refractivity contribution is -0.132. The molecule has 1 aliphatic carbocycles. The first-order valence-corrected chi connectivity index (χ1v) is 8.86. The van der Waals surface area contributed by atoms with Gasteiger partial charge in [-0.25, -0.2) is 0 Å². The molecule has 2 heterocycles. The molecule has 6 nitrogen and oxygen atoms in total. The van der Waals surface area contributed by atoms with E-state index in [9.17, 15) is 4.79 Å².